The molecule has 0 bridgehead atoms. The Morgan fingerprint density at radius 1 is 1.33 bits per heavy atom. The zero-order valence-corrected chi connectivity index (χ0v) is 13.4. The Bertz CT molecular complexity index is 478. The molecule has 5 heteroatoms. The van der Waals surface area contributed by atoms with E-state index in [0.717, 1.165) is 11.1 Å². The van der Waals surface area contributed by atoms with Crippen molar-refractivity contribution in [3.05, 3.63) is 29.3 Å². The second-order valence-corrected chi connectivity index (χ2v) is 5.97. The maximum absolute atomic E-state index is 11.5. The minimum atomic E-state index is -0.558. The van der Waals surface area contributed by atoms with E-state index in [2.05, 4.69) is 5.32 Å². The number of aliphatic hydroxyl groups excluding tert-OH is 1. The van der Waals surface area contributed by atoms with Crippen LogP contribution in [0, 0.1) is 0 Å². The lowest BCUT2D eigenvalue weighted by Gasteiger charge is -2.19. The topological polar surface area (TPSA) is 67.8 Å². The van der Waals surface area contributed by atoms with Gasteiger partial charge in [0.25, 0.3) is 0 Å². The molecule has 2 N–H and O–H groups in total. The summed E-state index contributed by atoms with van der Waals surface area (Å²) >= 11 is 0. The second-order valence-electron chi connectivity index (χ2n) is 5.97. The van der Waals surface area contributed by atoms with Crippen LogP contribution in [-0.4, -0.2) is 30.5 Å². The zero-order valence-electron chi connectivity index (χ0n) is 13.4. The fourth-order valence-electron chi connectivity index (χ4n) is 1.81. The highest BCUT2D eigenvalue weighted by Gasteiger charge is 2.15. The normalized spacial score (nSPS) is 12.7. The molecule has 0 fully saturated rings. The molecule has 0 aliphatic rings. The average molecular weight is 295 g/mol. The van der Waals surface area contributed by atoms with Crippen molar-refractivity contribution in [1.29, 1.82) is 0 Å². The van der Waals surface area contributed by atoms with Gasteiger partial charge in [0.15, 0.2) is 0 Å². The van der Waals surface area contributed by atoms with Crippen molar-refractivity contribution in [3.63, 3.8) is 0 Å². The molecule has 1 rings (SSSR count). The number of ether oxygens (including phenoxy) is 2. The summed E-state index contributed by atoms with van der Waals surface area (Å²) in [7, 11) is 1.59. The number of aliphatic hydroxyl groups is 1. The maximum Gasteiger partial charge on any atom is 0.407 e. The number of carbonyl (C=O) groups excluding carboxylic acids is 1. The Hall–Kier alpha value is -1.75. The van der Waals surface area contributed by atoms with Crippen molar-refractivity contribution in [2.45, 2.75) is 45.8 Å². The van der Waals surface area contributed by atoms with E-state index in [0.29, 0.717) is 18.7 Å². The van der Waals surface area contributed by atoms with Gasteiger partial charge in [-0.3, -0.25) is 0 Å². The quantitative estimate of drug-likeness (QED) is 0.876. The van der Waals surface area contributed by atoms with E-state index in [-0.39, 0.29) is 0 Å². The Kier molecular flexibility index (Phi) is 6.03. The molecule has 1 atom stereocenters. The molecule has 0 saturated carbocycles. The molecule has 1 aromatic carbocycles. The van der Waals surface area contributed by atoms with Gasteiger partial charge in [-0.15, -0.1) is 0 Å². The third-order valence-corrected chi connectivity index (χ3v) is 2.79. The van der Waals surface area contributed by atoms with Crippen molar-refractivity contribution in [2.24, 2.45) is 0 Å². The number of carbonyl (C=O) groups is 1. The number of rotatable bonds is 5. The van der Waals surface area contributed by atoms with Gasteiger partial charge in [0.05, 0.1) is 13.2 Å². The summed E-state index contributed by atoms with van der Waals surface area (Å²) < 4.78 is 10.4. The molecular formula is C16H25NO4. The van der Waals surface area contributed by atoms with E-state index in [9.17, 15) is 9.90 Å². The number of methoxy groups -OCH3 is 1. The van der Waals surface area contributed by atoms with E-state index in [1.54, 1.807) is 20.1 Å². The molecule has 0 radical (unpaired) electrons. The van der Waals surface area contributed by atoms with Crippen LogP contribution in [0.15, 0.2) is 18.2 Å². The highest BCUT2D eigenvalue weighted by Crippen LogP contribution is 2.22. The van der Waals surface area contributed by atoms with Crippen LogP contribution in [0.4, 0.5) is 4.79 Å². The van der Waals surface area contributed by atoms with Gasteiger partial charge < -0.3 is 19.9 Å². The summed E-state index contributed by atoms with van der Waals surface area (Å²) in [5.74, 6) is 0.695. The maximum atomic E-state index is 11.5. The molecule has 1 amide bonds. The third kappa shape index (κ3) is 6.49. The van der Waals surface area contributed by atoms with Gasteiger partial charge in [0, 0.05) is 6.54 Å². The number of nitrogens with one attached hydrogen (secondary N) is 1. The number of hydrogen-bond acceptors (Lipinski definition) is 4. The van der Waals surface area contributed by atoms with Crippen LogP contribution in [0.3, 0.4) is 0 Å². The van der Waals surface area contributed by atoms with E-state index >= 15 is 0 Å². The minimum absolute atomic E-state index is 0.429. The third-order valence-electron chi connectivity index (χ3n) is 2.79. The predicted molar refractivity (Wildman–Crippen MR) is 81.6 cm³/mol. The van der Waals surface area contributed by atoms with Gasteiger partial charge in [-0.05, 0) is 57.4 Å². The van der Waals surface area contributed by atoms with Gasteiger partial charge in [-0.1, -0.05) is 6.07 Å². The molecule has 0 aliphatic carbocycles. The molecule has 1 unspecified atom stereocenters. The molecule has 0 spiro atoms. The number of hydrogen-bond donors (Lipinski definition) is 2. The van der Waals surface area contributed by atoms with E-state index in [4.69, 9.17) is 9.47 Å². The summed E-state index contributed by atoms with van der Waals surface area (Å²) in [5.41, 5.74) is 1.28. The Labute approximate surface area is 126 Å². The zero-order chi connectivity index (χ0) is 16.0. The highest BCUT2D eigenvalue weighted by atomic mass is 16.6. The van der Waals surface area contributed by atoms with Gasteiger partial charge in [0.2, 0.25) is 0 Å². The van der Waals surface area contributed by atoms with Crippen molar-refractivity contribution in [1.82, 2.24) is 5.32 Å². The average Bonchev–Trinajstić information content (AvgIpc) is 2.36. The Morgan fingerprint density at radius 2 is 2.00 bits per heavy atom. The first-order valence-electron chi connectivity index (χ1n) is 7.04. The van der Waals surface area contributed by atoms with Crippen molar-refractivity contribution in [2.75, 3.05) is 13.7 Å². The molecule has 21 heavy (non-hydrogen) atoms. The fraction of sp³-hybridized carbons (Fsp3) is 0.562. The Balaban J connectivity index is 2.59. The first kappa shape index (κ1) is 17.3. The first-order chi connectivity index (χ1) is 9.71. The largest absolute Gasteiger partial charge is 0.497 e. The monoisotopic (exact) mass is 295 g/mol. The van der Waals surface area contributed by atoms with Crippen LogP contribution in [0.2, 0.25) is 0 Å². The van der Waals surface area contributed by atoms with Crippen LogP contribution >= 0.6 is 0 Å². The van der Waals surface area contributed by atoms with Gasteiger partial charge in [-0.25, -0.2) is 4.79 Å². The van der Waals surface area contributed by atoms with Crippen molar-refractivity contribution < 1.29 is 19.4 Å². The standard InChI is InChI=1S/C16H25NO4/c1-11(18)13-8-12(9-14(10-13)20-5)6-7-17-15(19)21-16(2,3)4/h8-11,18H,6-7H2,1-5H3,(H,17,19). The van der Waals surface area contributed by atoms with Gasteiger partial charge in [-0.2, -0.15) is 0 Å². The summed E-state index contributed by atoms with van der Waals surface area (Å²) in [5, 5.41) is 12.4. The van der Waals surface area contributed by atoms with Crippen LogP contribution in [0.5, 0.6) is 5.75 Å². The number of alkyl carbamates (subject to hydrolysis) is 1. The molecular weight excluding hydrogens is 270 g/mol. The van der Waals surface area contributed by atoms with E-state index in [1.165, 1.54) is 0 Å². The van der Waals surface area contributed by atoms with Crippen molar-refractivity contribution >= 4 is 6.09 Å². The Morgan fingerprint density at radius 3 is 2.52 bits per heavy atom. The minimum Gasteiger partial charge on any atom is -0.497 e. The lowest BCUT2D eigenvalue weighted by atomic mass is 10.0. The van der Waals surface area contributed by atoms with Crippen LogP contribution in [0.1, 0.15) is 44.9 Å². The van der Waals surface area contributed by atoms with Crippen LogP contribution < -0.4 is 10.1 Å². The van der Waals surface area contributed by atoms with Crippen LogP contribution in [0.25, 0.3) is 0 Å². The highest BCUT2D eigenvalue weighted by molar-refractivity contribution is 5.67. The van der Waals surface area contributed by atoms with Gasteiger partial charge >= 0.3 is 6.09 Å². The molecule has 118 valence electrons. The lowest BCUT2D eigenvalue weighted by Crippen LogP contribution is -2.33. The number of benzene rings is 1. The summed E-state index contributed by atoms with van der Waals surface area (Å²) in [4.78, 5) is 11.5. The van der Waals surface area contributed by atoms with Gasteiger partial charge in [0.1, 0.15) is 11.4 Å². The molecule has 0 heterocycles. The molecule has 1 aromatic rings. The summed E-state index contributed by atoms with van der Waals surface area (Å²) in [6.07, 6.45) is -0.352. The summed E-state index contributed by atoms with van der Waals surface area (Å²) in [6.45, 7) is 7.63. The van der Waals surface area contributed by atoms with E-state index in [1.807, 2.05) is 32.9 Å². The molecule has 0 saturated heterocycles. The molecule has 0 aromatic heterocycles. The van der Waals surface area contributed by atoms with Crippen LogP contribution in [-0.2, 0) is 11.2 Å². The first-order valence-corrected chi connectivity index (χ1v) is 7.04. The number of amides is 1. The predicted octanol–water partition coefficient (Wildman–Crippen LogP) is 2.82. The second kappa shape index (κ2) is 7.31. The summed E-state index contributed by atoms with van der Waals surface area (Å²) in [6, 6.07) is 5.60. The smallest absolute Gasteiger partial charge is 0.407 e. The van der Waals surface area contributed by atoms with Crippen molar-refractivity contribution in [3.8, 4) is 5.75 Å². The molecule has 5 nitrogen and oxygen atoms in total. The SMILES string of the molecule is COc1cc(CCNC(=O)OC(C)(C)C)cc(C(C)O)c1. The lowest BCUT2D eigenvalue weighted by molar-refractivity contribution is 0.0528. The fourth-order valence-corrected chi connectivity index (χ4v) is 1.81. The van der Waals surface area contributed by atoms with E-state index < -0.39 is 17.8 Å². The molecule has 0 aliphatic heterocycles.